The van der Waals surface area contributed by atoms with Crippen LogP contribution in [0.25, 0.3) is 0 Å². The van der Waals surface area contributed by atoms with Gasteiger partial charge in [0.25, 0.3) is 0 Å². The average molecular weight is 234 g/mol. The maximum Gasteiger partial charge on any atom is 0.136 e. The van der Waals surface area contributed by atoms with Crippen LogP contribution in [0.15, 0.2) is 18.2 Å². The van der Waals surface area contributed by atoms with Crippen molar-refractivity contribution in [3.63, 3.8) is 0 Å². The molecule has 0 saturated heterocycles. The molecule has 1 unspecified atom stereocenters. The number of hydrogen-bond acceptors (Lipinski definition) is 4. The number of aliphatic hydroxyl groups is 1. The molecule has 0 aliphatic heterocycles. The van der Waals surface area contributed by atoms with Crippen LogP contribution in [0.1, 0.15) is 24.5 Å². The molecule has 1 rings (SSSR count). The molecule has 92 valence electrons. The van der Waals surface area contributed by atoms with Gasteiger partial charge in [-0.2, -0.15) is 5.26 Å². The van der Waals surface area contributed by atoms with Crippen molar-refractivity contribution in [2.75, 3.05) is 13.7 Å². The van der Waals surface area contributed by atoms with E-state index in [2.05, 4.69) is 11.4 Å². The van der Waals surface area contributed by atoms with E-state index in [4.69, 9.17) is 15.1 Å². The fourth-order valence-electron chi connectivity index (χ4n) is 1.54. The van der Waals surface area contributed by atoms with Crippen LogP contribution in [0.2, 0.25) is 0 Å². The lowest BCUT2D eigenvalue weighted by Crippen LogP contribution is -2.31. The highest BCUT2D eigenvalue weighted by atomic mass is 16.5. The summed E-state index contributed by atoms with van der Waals surface area (Å²) in [6.07, 6.45) is 0.879. The number of benzene rings is 1. The number of ether oxygens (including phenoxy) is 1. The molecule has 4 nitrogen and oxygen atoms in total. The van der Waals surface area contributed by atoms with Gasteiger partial charge in [-0.1, -0.05) is 13.0 Å². The van der Waals surface area contributed by atoms with Gasteiger partial charge in [-0.25, -0.2) is 0 Å². The number of nitriles is 1. The quantitative estimate of drug-likeness (QED) is 0.781. The first-order chi connectivity index (χ1) is 8.24. The molecule has 2 N–H and O–H groups in total. The Labute approximate surface area is 102 Å². The normalized spacial score (nSPS) is 11.9. The maximum atomic E-state index is 9.06. The third-order valence-corrected chi connectivity index (χ3v) is 2.69. The van der Waals surface area contributed by atoms with E-state index in [-0.39, 0.29) is 12.6 Å². The van der Waals surface area contributed by atoms with Crippen molar-refractivity contribution in [1.29, 1.82) is 5.26 Å². The zero-order valence-electron chi connectivity index (χ0n) is 10.2. The SMILES string of the molecule is CCC(CO)NCc1ccc(C#N)c(OC)c1. The molecule has 0 amide bonds. The number of rotatable bonds is 6. The first kappa shape index (κ1) is 13.5. The van der Waals surface area contributed by atoms with E-state index in [9.17, 15) is 0 Å². The van der Waals surface area contributed by atoms with E-state index in [1.165, 1.54) is 0 Å². The van der Waals surface area contributed by atoms with E-state index in [0.717, 1.165) is 12.0 Å². The summed E-state index contributed by atoms with van der Waals surface area (Å²) in [5.41, 5.74) is 1.57. The second kappa shape index (κ2) is 6.89. The minimum atomic E-state index is 0.108. The number of nitrogens with one attached hydrogen (secondary N) is 1. The minimum Gasteiger partial charge on any atom is -0.495 e. The van der Waals surface area contributed by atoms with Gasteiger partial charge in [-0.3, -0.25) is 0 Å². The molecular weight excluding hydrogens is 216 g/mol. The van der Waals surface area contributed by atoms with Crippen molar-refractivity contribution in [3.05, 3.63) is 29.3 Å². The molecule has 17 heavy (non-hydrogen) atoms. The number of aliphatic hydroxyl groups excluding tert-OH is 1. The van der Waals surface area contributed by atoms with Crippen molar-refractivity contribution in [3.8, 4) is 11.8 Å². The van der Waals surface area contributed by atoms with Crippen LogP contribution in [-0.2, 0) is 6.54 Å². The standard InChI is InChI=1S/C13H18N2O2/c1-3-12(9-16)15-8-10-4-5-11(7-14)13(6-10)17-2/h4-6,12,15-16H,3,8-9H2,1-2H3. The van der Waals surface area contributed by atoms with Crippen LogP contribution in [0.4, 0.5) is 0 Å². The highest BCUT2D eigenvalue weighted by Crippen LogP contribution is 2.19. The van der Waals surface area contributed by atoms with Crippen LogP contribution in [-0.4, -0.2) is 24.9 Å². The molecule has 0 radical (unpaired) electrons. The smallest absolute Gasteiger partial charge is 0.136 e. The summed E-state index contributed by atoms with van der Waals surface area (Å²) in [5.74, 6) is 0.587. The first-order valence-corrected chi connectivity index (χ1v) is 5.66. The first-order valence-electron chi connectivity index (χ1n) is 5.66. The summed E-state index contributed by atoms with van der Waals surface area (Å²) in [6, 6.07) is 7.66. The van der Waals surface area contributed by atoms with Gasteiger partial charge in [0.15, 0.2) is 0 Å². The van der Waals surface area contributed by atoms with Gasteiger partial charge in [0.05, 0.1) is 19.3 Å². The van der Waals surface area contributed by atoms with Crippen molar-refractivity contribution in [2.24, 2.45) is 0 Å². The highest BCUT2D eigenvalue weighted by Gasteiger charge is 2.06. The van der Waals surface area contributed by atoms with E-state index < -0.39 is 0 Å². The van der Waals surface area contributed by atoms with E-state index in [1.807, 2.05) is 19.1 Å². The van der Waals surface area contributed by atoms with Crippen LogP contribution in [0.5, 0.6) is 5.75 Å². The molecule has 1 aromatic carbocycles. The summed E-state index contributed by atoms with van der Waals surface area (Å²) >= 11 is 0. The number of hydrogen-bond donors (Lipinski definition) is 2. The maximum absolute atomic E-state index is 9.06. The van der Waals surface area contributed by atoms with Crippen LogP contribution in [0, 0.1) is 11.3 Å². The van der Waals surface area contributed by atoms with Gasteiger partial charge in [0.2, 0.25) is 0 Å². The summed E-state index contributed by atoms with van der Waals surface area (Å²) in [6.45, 7) is 2.80. The molecule has 0 fully saturated rings. The molecule has 0 spiro atoms. The summed E-state index contributed by atoms with van der Waals surface area (Å²) < 4.78 is 5.14. The van der Waals surface area contributed by atoms with E-state index in [1.54, 1.807) is 13.2 Å². The summed E-state index contributed by atoms with van der Waals surface area (Å²) in [7, 11) is 1.55. The Morgan fingerprint density at radius 2 is 2.29 bits per heavy atom. The predicted molar refractivity (Wildman–Crippen MR) is 65.7 cm³/mol. The third-order valence-electron chi connectivity index (χ3n) is 2.69. The van der Waals surface area contributed by atoms with Gasteiger partial charge >= 0.3 is 0 Å². The molecule has 1 atom stereocenters. The zero-order chi connectivity index (χ0) is 12.7. The largest absolute Gasteiger partial charge is 0.495 e. The second-order valence-corrected chi connectivity index (χ2v) is 3.82. The van der Waals surface area contributed by atoms with Crippen molar-refractivity contribution in [2.45, 2.75) is 25.9 Å². The van der Waals surface area contributed by atoms with Crippen LogP contribution >= 0.6 is 0 Å². The second-order valence-electron chi connectivity index (χ2n) is 3.82. The third kappa shape index (κ3) is 3.74. The van der Waals surface area contributed by atoms with Crippen molar-refractivity contribution < 1.29 is 9.84 Å². The van der Waals surface area contributed by atoms with Crippen LogP contribution in [0.3, 0.4) is 0 Å². The molecular formula is C13H18N2O2. The Hall–Kier alpha value is -1.57. The lowest BCUT2D eigenvalue weighted by atomic mass is 10.1. The Bertz CT molecular complexity index is 395. The molecule has 0 heterocycles. The van der Waals surface area contributed by atoms with Crippen LogP contribution < -0.4 is 10.1 Å². The van der Waals surface area contributed by atoms with E-state index in [0.29, 0.717) is 17.9 Å². The van der Waals surface area contributed by atoms with Gasteiger partial charge in [-0.15, -0.1) is 0 Å². The Morgan fingerprint density at radius 3 is 2.82 bits per heavy atom. The summed E-state index contributed by atoms with van der Waals surface area (Å²) in [4.78, 5) is 0. The minimum absolute atomic E-state index is 0.108. The monoisotopic (exact) mass is 234 g/mol. The predicted octanol–water partition coefficient (Wildman–Crippen LogP) is 1.43. The Morgan fingerprint density at radius 1 is 1.53 bits per heavy atom. The average Bonchev–Trinajstić information content (AvgIpc) is 2.39. The number of methoxy groups -OCH3 is 1. The molecule has 0 bridgehead atoms. The Balaban J connectivity index is 2.70. The van der Waals surface area contributed by atoms with Gasteiger partial charge in [-0.05, 0) is 24.1 Å². The zero-order valence-corrected chi connectivity index (χ0v) is 10.2. The molecule has 1 aromatic rings. The molecule has 4 heteroatoms. The molecule has 0 aromatic heterocycles. The molecule has 0 saturated carbocycles. The highest BCUT2D eigenvalue weighted by molar-refractivity contribution is 5.45. The van der Waals surface area contributed by atoms with Crippen molar-refractivity contribution >= 4 is 0 Å². The van der Waals surface area contributed by atoms with Crippen molar-refractivity contribution in [1.82, 2.24) is 5.32 Å². The lowest BCUT2D eigenvalue weighted by molar-refractivity contribution is 0.238. The molecule has 0 aliphatic rings. The van der Waals surface area contributed by atoms with Gasteiger partial charge in [0.1, 0.15) is 11.8 Å². The summed E-state index contributed by atoms with van der Waals surface area (Å²) in [5, 5.41) is 21.1. The fraction of sp³-hybridized carbons (Fsp3) is 0.462. The fourth-order valence-corrected chi connectivity index (χ4v) is 1.54. The Kier molecular flexibility index (Phi) is 5.47. The van der Waals surface area contributed by atoms with E-state index >= 15 is 0 Å². The van der Waals surface area contributed by atoms with Gasteiger partial charge < -0.3 is 15.2 Å². The lowest BCUT2D eigenvalue weighted by Gasteiger charge is -2.14. The topological polar surface area (TPSA) is 65.3 Å². The van der Waals surface area contributed by atoms with Gasteiger partial charge in [0, 0.05) is 12.6 Å². The number of nitrogens with zero attached hydrogens (tertiary/aromatic N) is 1. The molecule has 0 aliphatic carbocycles.